The van der Waals surface area contributed by atoms with Crippen molar-refractivity contribution in [3.05, 3.63) is 35.1 Å². The highest BCUT2D eigenvalue weighted by Crippen LogP contribution is 2.55. The van der Waals surface area contributed by atoms with Gasteiger partial charge in [-0.25, -0.2) is 4.39 Å². The summed E-state index contributed by atoms with van der Waals surface area (Å²) in [6.07, 6.45) is 5.31. The molecular formula is C16H22FN. The third-order valence-electron chi connectivity index (χ3n) is 4.96. The average molecular weight is 247 g/mol. The molecule has 0 aromatic heterocycles. The number of halogens is 1. The lowest BCUT2D eigenvalue weighted by atomic mass is 9.88. The van der Waals surface area contributed by atoms with Gasteiger partial charge in [-0.3, -0.25) is 0 Å². The van der Waals surface area contributed by atoms with Crippen molar-refractivity contribution in [2.45, 2.75) is 38.6 Å². The van der Waals surface area contributed by atoms with E-state index in [1.807, 2.05) is 13.0 Å². The molecule has 1 nitrogen and oxygen atoms in total. The zero-order valence-corrected chi connectivity index (χ0v) is 11.2. The molecule has 2 saturated carbocycles. The Morgan fingerprint density at radius 1 is 1.28 bits per heavy atom. The molecule has 98 valence electrons. The predicted molar refractivity (Wildman–Crippen MR) is 72.0 cm³/mol. The lowest BCUT2D eigenvalue weighted by molar-refractivity contribution is 0.349. The van der Waals surface area contributed by atoms with Gasteiger partial charge in [0.25, 0.3) is 0 Å². The Hall–Kier alpha value is -0.890. The van der Waals surface area contributed by atoms with Crippen LogP contribution in [0.3, 0.4) is 0 Å². The third-order valence-corrected chi connectivity index (χ3v) is 4.96. The number of nitrogens with one attached hydrogen (secondary N) is 1. The summed E-state index contributed by atoms with van der Waals surface area (Å²) in [6.45, 7) is 2.01. The van der Waals surface area contributed by atoms with E-state index in [-0.39, 0.29) is 5.82 Å². The van der Waals surface area contributed by atoms with Gasteiger partial charge >= 0.3 is 0 Å². The topological polar surface area (TPSA) is 12.0 Å². The van der Waals surface area contributed by atoms with Crippen LogP contribution in [0.2, 0.25) is 0 Å². The van der Waals surface area contributed by atoms with Crippen LogP contribution in [0.15, 0.2) is 18.2 Å². The Bertz CT molecular complexity index is 433. The molecule has 0 aliphatic heterocycles. The second kappa shape index (κ2) is 4.65. The molecule has 0 amide bonds. The molecule has 18 heavy (non-hydrogen) atoms. The van der Waals surface area contributed by atoms with Crippen molar-refractivity contribution in [1.29, 1.82) is 0 Å². The lowest BCUT2D eigenvalue weighted by Crippen LogP contribution is -2.35. The second-order valence-electron chi connectivity index (χ2n) is 6.16. The molecule has 0 spiro atoms. The maximum atomic E-state index is 13.1. The Morgan fingerprint density at radius 3 is 2.61 bits per heavy atom. The molecular weight excluding hydrogens is 225 g/mol. The summed E-state index contributed by atoms with van der Waals surface area (Å²) in [5.41, 5.74) is 2.37. The van der Waals surface area contributed by atoms with Crippen molar-refractivity contribution < 1.29 is 4.39 Å². The molecule has 2 aliphatic rings. The van der Waals surface area contributed by atoms with Crippen LogP contribution in [-0.4, -0.2) is 13.1 Å². The second-order valence-corrected chi connectivity index (χ2v) is 6.16. The highest BCUT2D eigenvalue weighted by atomic mass is 19.1. The molecule has 2 fully saturated rings. The predicted octanol–water partition coefficient (Wildman–Crippen LogP) is 3.31. The standard InChI is InChI=1S/C16H22FN/c1-10-5-15(17)4-3-11(10)9-16(18-2)14-7-12-6-13(12)8-14/h3-5,12-14,16,18H,6-9H2,1-2H3. The van der Waals surface area contributed by atoms with Gasteiger partial charge in [-0.2, -0.15) is 0 Å². The van der Waals surface area contributed by atoms with E-state index in [9.17, 15) is 4.39 Å². The quantitative estimate of drug-likeness (QED) is 0.860. The van der Waals surface area contributed by atoms with Crippen LogP contribution in [-0.2, 0) is 6.42 Å². The fraction of sp³-hybridized carbons (Fsp3) is 0.625. The molecule has 0 saturated heterocycles. The minimum Gasteiger partial charge on any atom is -0.316 e. The van der Waals surface area contributed by atoms with Gasteiger partial charge in [-0.05, 0) is 80.7 Å². The molecule has 3 rings (SSSR count). The maximum absolute atomic E-state index is 13.1. The Balaban J connectivity index is 1.69. The van der Waals surface area contributed by atoms with Crippen molar-refractivity contribution in [3.8, 4) is 0 Å². The smallest absolute Gasteiger partial charge is 0.123 e. The van der Waals surface area contributed by atoms with Crippen LogP contribution >= 0.6 is 0 Å². The SMILES string of the molecule is CNC(Cc1ccc(F)cc1C)C1CC2CC2C1. The number of fused-ring (bicyclic) bond motifs is 1. The van der Waals surface area contributed by atoms with E-state index in [0.29, 0.717) is 6.04 Å². The van der Waals surface area contributed by atoms with Gasteiger partial charge in [0.2, 0.25) is 0 Å². The summed E-state index contributed by atoms with van der Waals surface area (Å²) < 4.78 is 13.1. The Kier molecular flexibility index (Phi) is 3.14. The number of likely N-dealkylation sites (N-methyl/N-ethyl adjacent to an activating group) is 1. The van der Waals surface area contributed by atoms with Gasteiger partial charge in [0.1, 0.15) is 5.82 Å². The molecule has 0 heterocycles. The van der Waals surface area contributed by atoms with Gasteiger partial charge in [0, 0.05) is 6.04 Å². The van der Waals surface area contributed by atoms with E-state index in [2.05, 4.69) is 12.4 Å². The number of hydrogen-bond donors (Lipinski definition) is 1. The fourth-order valence-electron chi connectivity index (χ4n) is 3.72. The first kappa shape index (κ1) is 12.2. The minimum atomic E-state index is -0.126. The van der Waals surface area contributed by atoms with Crippen molar-refractivity contribution in [2.75, 3.05) is 7.05 Å². The number of aryl methyl sites for hydroxylation is 1. The number of rotatable bonds is 4. The summed E-state index contributed by atoms with van der Waals surface area (Å²) in [6, 6.07) is 5.74. The van der Waals surface area contributed by atoms with Crippen LogP contribution in [0.1, 0.15) is 30.4 Å². The average Bonchev–Trinajstić information content (AvgIpc) is 2.95. The number of benzene rings is 1. The monoisotopic (exact) mass is 247 g/mol. The molecule has 1 N–H and O–H groups in total. The van der Waals surface area contributed by atoms with Gasteiger partial charge in [-0.15, -0.1) is 0 Å². The van der Waals surface area contributed by atoms with Gasteiger partial charge in [0.05, 0.1) is 0 Å². The molecule has 3 atom stereocenters. The van der Waals surface area contributed by atoms with E-state index in [4.69, 9.17) is 0 Å². The Labute approximate surface area is 109 Å². The van der Waals surface area contributed by atoms with Crippen LogP contribution in [0.5, 0.6) is 0 Å². The molecule has 0 bridgehead atoms. The molecule has 0 radical (unpaired) electrons. The van der Waals surface area contributed by atoms with Crippen molar-refractivity contribution >= 4 is 0 Å². The summed E-state index contributed by atoms with van der Waals surface area (Å²) >= 11 is 0. The van der Waals surface area contributed by atoms with Gasteiger partial charge in [0.15, 0.2) is 0 Å². The maximum Gasteiger partial charge on any atom is 0.123 e. The summed E-state index contributed by atoms with van der Waals surface area (Å²) in [5, 5.41) is 3.48. The van der Waals surface area contributed by atoms with E-state index in [1.54, 1.807) is 12.1 Å². The molecule has 1 aromatic rings. The summed E-state index contributed by atoms with van der Waals surface area (Å²) in [4.78, 5) is 0. The highest BCUT2D eigenvalue weighted by molar-refractivity contribution is 5.27. The van der Waals surface area contributed by atoms with E-state index >= 15 is 0 Å². The van der Waals surface area contributed by atoms with Crippen LogP contribution in [0, 0.1) is 30.5 Å². The first-order chi connectivity index (χ1) is 8.67. The minimum absolute atomic E-state index is 0.126. The van der Waals surface area contributed by atoms with Crippen LogP contribution in [0.4, 0.5) is 4.39 Å². The molecule has 3 unspecified atom stereocenters. The summed E-state index contributed by atoms with van der Waals surface area (Å²) in [5.74, 6) is 2.75. The molecule has 1 aromatic carbocycles. The fourth-order valence-corrected chi connectivity index (χ4v) is 3.72. The molecule has 2 heteroatoms. The van der Waals surface area contributed by atoms with Gasteiger partial charge < -0.3 is 5.32 Å². The Morgan fingerprint density at radius 2 is 2.00 bits per heavy atom. The van der Waals surface area contributed by atoms with Crippen LogP contribution in [0.25, 0.3) is 0 Å². The first-order valence-corrected chi connectivity index (χ1v) is 7.09. The third kappa shape index (κ3) is 2.31. The normalized spacial score (nSPS) is 31.2. The molecule has 2 aliphatic carbocycles. The van der Waals surface area contributed by atoms with Crippen molar-refractivity contribution in [1.82, 2.24) is 5.32 Å². The summed E-state index contributed by atoms with van der Waals surface area (Å²) in [7, 11) is 2.06. The van der Waals surface area contributed by atoms with E-state index in [1.165, 1.54) is 24.8 Å². The highest BCUT2D eigenvalue weighted by Gasteiger charge is 2.47. The number of hydrogen-bond acceptors (Lipinski definition) is 1. The van der Waals surface area contributed by atoms with Crippen molar-refractivity contribution in [3.63, 3.8) is 0 Å². The lowest BCUT2D eigenvalue weighted by Gasteiger charge is -2.25. The zero-order chi connectivity index (χ0) is 12.7. The van der Waals surface area contributed by atoms with Crippen LogP contribution < -0.4 is 5.32 Å². The van der Waals surface area contributed by atoms with Gasteiger partial charge in [-0.1, -0.05) is 6.07 Å². The van der Waals surface area contributed by atoms with E-state index < -0.39 is 0 Å². The largest absolute Gasteiger partial charge is 0.316 e. The zero-order valence-electron chi connectivity index (χ0n) is 11.2. The van der Waals surface area contributed by atoms with Crippen molar-refractivity contribution in [2.24, 2.45) is 17.8 Å². The first-order valence-electron chi connectivity index (χ1n) is 7.09. The van der Waals surface area contributed by atoms with E-state index in [0.717, 1.165) is 29.7 Å².